The van der Waals surface area contributed by atoms with Crippen LogP contribution in [0.4, 0.5) is 5.82 Å². The van der Waals surface area contributed by atoms with Gasteiger partial charge in [0.2, 0.25) is 0 Å². The van der Waals surface area contributed by atoms with Gasteiger partial charge in [-0.05, 0) is 18.6 Å². The largest absolute Gasteiger partial charge is 0.351 e. The lowest BCUT2D eigenvalue weighted by molar-refractivity contribution is 0.807. The zero-order valence-corrected chi connectivity index (χ0v) is 11.1. The van der Waals surface area contributed by atoms with Gasteiger partial charge in [-0.25, -0.2) is 9.97 Å². The number of hydrogen-bond acceptors (Lipinski definition) is 3. The second-order valence-electron chi connectivity index (χ2n) is 4.06. The van der Waals surface area contributed by atoms with Gasteiger partial charge < -0.3 is 4.90 Å². The predicted molar refractivity (Wildman–Crippen MR) is 75.0 cm³/mol. The fourth-order valence-electron chi connectivity index (χ4n) is 1.80. The summed E-state index contributed by atoms with van der Waals surface area (Å²) in [4.78, 5) is 10.7. The van der Waals surface area contributed by atoms with Crippen LogP contribution in [-0.2, 0) is 6.54 Å². The third-order valence-electron chi connectivity index (χ3n) is 2.66. The van der Waals surface area contributed by atoms with E-state index in [0.29, 0.717) is 5.88 Å². The standard InChI is InChI=1S/C14H16ClN3/c1-12-16-9-7-14(17-12)18(10-8-15)11-13-5-3-2-4-6-13/h2-7,9H,8,10-11H2,1H3. The molecule has 0 saturated heterocycles. The van der Waals surface area contributed by atoms with E-state index in [9.17, 15) is 0 Å². The van der Waals surface area contributed by atoms with E-state index in [4.69, 9.17) is 11.6 Å². The minimum absolute atomic E-state index is 0.579. The van der Waals surface area contributed by atoms with Crippen LogP contribution in [0.25, 0.3) is 0 Å². The van der Waals surface area contributed by atoms with Crippen molar-refractivity contribution < 1.29 is 0 Å². The van der Waals surface area contributed by atoms with Crippen molar-refractivity contribution in [1.82, 2.24) is 9.97 Å². The summed E-state index contributed by atoms with van der Waals surface area (Å²) in [6.07, 6.45) is 1.78. The van der Waals surface area contributed by atoms with E-state index in [1.165, 1.54) is 5.56 Å². The van der Waals surface area contributed by atoms with Crippen molar-refractivity contribution in [2.24, 2.45) is 0 Å². The lowest BCUT2D eigenvalue weighted by atomic mass is 10.2. The Bertz CT molecular complexity index is 487. The quantitative estimate of drug-likeness (QED) is 0.775. The average Bonchev–Trinajstić information content (AvgIpc) is 2.39. The molecule has 18 heavy (non-hydrogen) atoms. The van der Waals surface area contributed by atoms with Crippen LogP contribution in [-0.4, -0.2) is 22.4 Å². The van der Waals surface area contributed by atoms with Gasteiger partial charge in [-0.15, -0.1) is 11.6 Å². The zero-order valence-electron chi connectivity index (χ0n) is 10.4. The Morgan fingerprint density at radius 2 is 1.94 bits per heavy atom. The van der Waals surface area contributed by atoms with Crippen LogP contribution >= 0.6 is 11.6 Å². The molecule has 0 aliphatic rings. The maximum Gasteiger partial charge on any atom is 0.132 e. The van der Waals surface area contributed by atoms with Crippen LogP contribution in [0.2, 0.25) is 0 Å². The van der Waals surface area contributed by atoms with Crippen LogP contribution < -0.4 is 4.90 Å². The van der Waals surface area contributed by atoms with Gasteiger partial charge >= 0.3 is 0 Å². The summed E-state index contributed by atoms with van der Waals surface area (Å²) in [5.41, 5.74) is 1.25. The summed E-state index contributed by atoms with van der Waals surface area (Å²) >= 11 is 5.87. The molecule has 0 radical (unpaired) electrons. The monoisotopic (exact) mass is 261 g/mol. The average molecular weight is 262 g/mol. The number of halogens is 1. The van der Waals surface area contributed by atoms with E-state index in [1.807, 2.05) is 31.2 Å². The first-order chi connectivity index (χ1) is 8.79. The van der Waals surface area contributed by atoms with Crippen LogP contribution in [0.5, 0.6) is 0 Å². The molecule has 1 aromatic carbocycles. The van der Waals surface area contributed by atoms with Gasteiger partial charge in [-0.2, -0.15) is 0 Å². The van der Waals surface area contributed by atoms with Gasteiger partial charge in [-0.3, -0.25) is 0 Å². The molecular weight excluding hydrogens is 246 g/mol. The molecule has 0 fully saturated rings. The molecule has 0 N–H and O–H groups in total. The van der Waals surface area contributed by atoms with Gasteiger partial charge in [0, 0.05) is 25.2 Å². The van der Waals surface area contributed by atoms with Gasteiger partial charge in [-0.1, -0.05) is 30.3 Å². The van der Waals surface area contributed by atoms with Gasteiger partial charge in [0.25, 0.3) is 0 Å². The lowest BCUT2D eigenvalue weighted by Crippen LogP contribution is -2.26. The Kier molecular flexibility index (Phi) is 4.53. The van der Waals surface area contributed by atoms with E-state index in [1.54, 1.807) is 6.20 Å². The summed E-state index contributed by atoms with van der Waals surface area (Å²) in [7, 11) is 0. The fraction of sp³-hybridized carbons (Fsp3) is 0.286. The maximum absolute atomic E-state index is 5.87. The smallest absolute Gasteiger partial charge is 0.132 e. The highest BCUT2D eigenvalue weighted by Crippen LogP contribution is 2.14. The number of anilines is 1. The SMILES string of the molecule is Cc1nccc(N(CCCl)Cc2ccccc2)n1. The molecule has 0 aliphatic heterocycles. The van der Waals surface area contributed by atoms with Crippen molar-refractivity contribution in [3.8, 4) is 0 Å². The molecular formula is C14H16ClN3. The fourth-order valence-corrected chi connectivity index (χ4v) is 2.00. The first-order valence-corrected chi connectivity index (χ1v) is 6.47. The Hall–Kier alpha value is -1.61. The zero-order chi connectivity index (χ0) is 12.8. The van der Waals surface area contributed by atoms with E-state index < -0.39 is 0 Å². The van der Waals surface area contributed by atoms with Crippen LogP contribution in [0.15, 0.2) is 42.6 Å². The molecule has 3 nitrogen and oxygen atoms in total. The number of benzene rings is 1. The van der Waals surface area contributed by atoms with Gasteiger partial charge in [0.1, 0.15) is 11.6 Å². The second-order valence-corrected chi connectivity index (χ2v) is 4.44. The molecule has 2 rings (SSSR count). The Morgan fingerprint density at radius 1 is 1.17 bits per heavy atom. The van der Waals surface area contributed by atoms with Crippen molar-refractivity contribution in [1.29, 1.82) is 0 Å². The predicted octanol–water partition coefficient (Wildman–Crippen LogP) is 3.03. The number of alkyl halides is 1. The number of nitrogens with zero attached hydrogens (tertiary/aromatic N) is 3. The third kappa shape index (κ3) is 3.44. The second kappa shape index (κ2) is 6.36. The molecule has 0 bridgehead atoms. The Balaban J connectivity index is 2.18. The molecule has 1 heterocycles. The summed E-state index contributed by atoms with van der Waals surface area (Å²) in [5.74, 6) is 2.28. The number of aryl methyl sites for hydroxylation is 1. The lowest BCUT2D eigenvalue weighted by Gasteiger charge is -2.22. The van der Waals surface area contributed by atoms with Gasteiger partial charge in [0.15, 0.2) is 0 Å². The normalized spacial score (nSPS) is 10.3. The first-order valence-electron chi connectivity index (χ1n) is 5.94. The molecule has 0 unspecified atom stereocenters. The van der Waals surface area contributed by atoms with Crippen molar-refractivity contribution in [3.05, 3.63) is 54.0 Å². The summed E-state index contributed by atoms with van der Waals surface area (Å²) < 4.78 is 0. The Labute approximate surface area is 112 Å². The summed E-state index contributed by atoms with van der Waals surface area (Å²) in [6.45, 7) is 3.47. The molecule has 2 aromatic rings. The highest BCUT2D eigenvalue weighted by atomic mass is 35.5. The molecule has 0 amide bonds. The molecule has 0 spiro atoms. The summed E-state index contributed by atoms with van der Waals surface area (Å²) in [5, 5.41) is 0. The van der Waals surface area contributed by atoms with Crippen LogP contribution in [0.3, 0.4) is 0 Å². The summed E-state index contributed by atoms with van der Waals surface area (Å²) in [6, 6.07) is 12.2. The minimum atomic E-state index is 0.579. The van der Waals surface area contributed by atoms with Crippen molar-refractivity contribution in [2.45, 2.75) is 13.5 Å². The molecule has 0 atom stereocenters. The van der Waals surface area contributed by atoms with Crippen molar-refractivity contribution in [2.75, 3.05) is 17.3 Å². The van der Waals surface area contributed by atoms with E-state index in [-0.39, 0.29) is 0 Å². The van der Waals surface area contributed by atoms with Crippen molar-refractivity contribution in [3.63, 3.8) is 0 Å². The number of hydrogen-bond donors (Lipinski definition) is 0. The third-order valence-corrected chi connectivity index (χ3v) is 2.83. The first kappa shape index (κ1) is 12.8. The highest BCUT2D eigenvalue weighted by molar-refractivity contribution is 6.18. The molecule has 4 heteroatoms. The van der Waals surface area contributed by atoms with E-state index in [0.717, 1.165) is 24.7 Å². The van der Waals surface area contributed by atoms with E-state index >= 15 is 0 Å². The molecule has 1 aromatic heterocycles. The topological polar surface area (TPSA) is 29.0 Å². The Morgan fingerprint density at radius 3 is 2.61 bits per heavy atom. The number of rotatable bonds is 5. The van der Waals surface area contributed by atoms with E-state index in [2.05, 4.69) is 27.0 Å². The van der Waals surface area contributed by atoms with Crippen molar-refractivity contribution >= 4 is 17.4 Å². The maximum atomic E-state index is 5.87. The molecule has 0 aliphatic carbocycles. The molecule has 94 valence electrons. The highest BCUT2D eigenvalue weighted by Gasteiger charge is 2.08. The van der Waals surface area contributed by atoms with Crippen LogP contribution in [0.1, 0.15) is 11.4 Å². The molecule has 0 saturated carbocycles. The van der Waals surface area contributed by atoms with Gasteiger partial charge in [0.05, 0.1) is 0 Å². The van der Waals surface area contributed by atoms with Crippen LogP contribution in [0, 0.1) is 6.92 Å². The minimum Gasteiger partial charge on any atom is -0.351 e. The number of aromatic nitrogens is 2.